The van der Waals surface area contributed by atoms with Crippen molar-refractivity contribution in [2.75, 3.05) is 32.7 Å². The second kappa shape index (κ2) is 11.4. The van der Waals surface area contributed by atoms with E-state index in [4.69, 9.17) is 21.7 Å². The molecular weight excluding hydrogens is 438 g/mol. The molecule has 3 rings (SSSR count). The summed E-state index contributed by atoms with van der Waals surface area (Å²) in [6.07, 6.45) is 3.24. The van der Waals surface area contributed by atoms with Gasteiger partial charge in [-0.1, -0.05) is 42.5 Å². The van der Waals surface area contributed by atoms with Gasteiger partial charge in [-0.05, 0) is 48.5 Å². The fraction of sp³-hybridized carbons (Fsp3) is 0.240. The van der Waals surface area contributed by atoms with Crippen molar-refractivity contribution in [3.8, 4) is 0 Å². The number of amides is 1. The first-order valence-electron chi connectivity index (χ1n) is 10.5. The normalized spacial score (nSPS) is 16.0. The zero-order valence-corrected chi connectivity index (χ0v) is 19.6. The van der Waals surface area contributed by atoms with Crippen LogP contribution in [0.25, 0.3) is 6.08 Å². The molecule has 0 radical (unpaired) electrons. The number of rotatable bonds is 8. The average Bonchev–Trinajstić information content (AvgIpc) is 2.82. The summed E-state index contributed by atoms with van der Waals surface area (Å²) in [4.78, 5) is 26.8. The van der Waals surface area contributed by atoms with E-state index in [1.165, 1.54) is 6.08 Å². The highest BCUT2D eigenvalue weighted by Crippen LogP contribution is 2.31. The SMILES string of the molecule is COCCOC(=O)C1=C(C)N(C)C(=S)N[C@H]1c1ccc(NC(=O)/C=C/c2ccccc2)cc1. The number of methoxy groups -OCH3 is 1. The van der Waals surface area contributed by atoms with E-state index in [1.54, 1.807) is 37.3 Å². The largest absolute Gasteiger partial charge is 0.460 e. The molecule has 0 fully saturated rings. The van der Waals surface area contributed by atoms with Crippen LogP contribution < -0.4 is 10.6 Å². The minimum atomic E-state index is -0.466. The molecule has 7 nitrogen and oxygen atoms in total. The smallest absolute Gasteiger partial charge is 0.338 e. The fourth-order valence-electron chi connectivity index (χ4n) is 3.32. The van der Waals surface area contributed by atoms with Crippen LogP contribution in [0.2, 0.25) is 0 Å². The molecule has 1 aliphatic heterocycles. The van der Waals surface area contributed by atoms with Crippen molar-refractivity contribution in [3.63, 3.8) is 0 Å². The number of hydrogen-bond acceptors (Lipinski definition) is 5. The van der Waals surface area contributed by atoms with Crippen molar-refractivity contribution in [1.29, 1.82) is 0 Å². The molecule has 1 heterocycles. The van der Waals surface area contributed by atoms with Crippen LogP contribution in [0.4, 0.5) is 5.69 Å². The summed E-state index contributed by atoms with van der Waals surface area (Å²) in [6.45, 7) is 2.31. The molecule has 0 saturated heterocycles. The topological polar surface area (TPSA) is 79.9 Å². The van der Waals surface area contributed by atoms with Crippen molar-refractivity contribution >= 4 is 41.0 Å². The molecular formula is C25H27N3O4S. The van der Waals surface area contributed by atoms with Gasteiger partial charge in [-0.3, -0.25) is 4.79 Å². The Hall–Kier alpha value is -3.49. The zero-order chi connectivity index (χ0) is 23.8. The Morgan fingerprint density at radius 3 is 2.48 bits per heavy atom. The van der Waals surface area contributed by atoms with Gasteiger partial charge in [0.2, 0.25) is 5.91 Å². The lowest BCUT2D eigenvalue weighted by Crippen LogP contribution is -2.46. The minimum absolute atomic E-state index is 0.161. The summed E-state index contributed by atoms with van der Waals surface area (Å²) in [5.74, 6) is -0.664. The standard InChI is InChI=1S/C25H27N3O4S/c1-17-22(24(30)32-16-15-31-3)23(27-25(33)28(17)2)19-10-12-20(13-11-19)26-21(29)14-9-18-7-5-4-6-8-18/h4-14,23H,15-16H2,1-3H3,(H,26,29)(H,27,33)/b14-9+/t23-/m0/s1. The lowest BCUT2D eigenvalue weighted by atomic mass is 9.95. The van der Waals surface area contributed by atoms with Crippen LogP contribution in [0.15, 0.2) is 71.9 Å². The van der Waals surface area contributed by atoms with Gasteiger partial charge in [0, 0.05) is 31.6 Å². The van der Waals surface area contributed by atoms with Crippen LogP contribution in [0.5, 0.6) is 0 Å². The molecule has 2 aromatic rings. The van der Waals surface area contributed by atoms with Gasteiger partial charge >= 0.3 is 5.97 Å². The van der Waals surface area contributed by atoms with Gasteiger partial charge in [0.15, 0.2) is 5.11 Å². The molecule has 1 atom stereocenters. The predicted molar refractivity (Wildman–Crippen MR) is 132 cm³/mol. The van der Waals surface area contributed by atoms with Crippen molar-refractivity contribution in [1.82, 2.24) is 10.2 Å². The number of thiocarbonyl (C=S) groups is 1. The maximum Gasteiger partial charge on any atom is 0.338 e. The highest BCUT2D eigenvalue weighted by Gasteiger charge is 2.33. The molecule has 1 aliphatic rings. The monoisotopic (exact) mass is 465 g/mol. The second-order valence-electron chi connectivity index (χ2n) is 7.42. The number of benzene rings is 2. The Labute approximate surface area is 199 Å². The molecule has 8 heteroatoms. The third-order valence-corrected chi connectivity index (χ3v) is 5.62. The highest BCUT2D eigenvalue weighted by molar-refractivity contribution is 7.80. The highest BCUT2D eigenvalue weighted by atomic mass is 32.1. The number of allylic oxidation sites excluding steroid dienone is 1. The summed E-state index contributed by atoms with van der Waals surface area (Å²) in [6, 6.07) is 16.4. The maximum absolute atomic E-state index is 12.8. The summed E-state index contributed by atoms with van der Waals surface area (Å²) in [5.41, 5.74) is 3.60. The molecule has 172 valence electrons. The summed E-state index contributed by atoms with van der Waals surface area (Å²) < 4.78 is 10.3. The number of carbonyl (C=O) groups excluding carboxylic acids is 2. The van der Waals surface area contributed by atoms with Crippen molar-refractivity contribution in [2.45, 2.75) is 13.0 Å². The predicted octanol–water partition coefficient (Wildman–Crippen LogP) is 3.66. The number of esters is 1. The number of anilines is 1. The van der Waals surface area contributed by atoms with Gasteiger partial charge in [-0.25, -0.2) is 4.79 Å². The van der Waals surface area contributed by atoms with Crippen molar-refractivity contribution < 1.29 is 19.1 Å². The molecule has 1 amide bonds. The van der Waals surface area contributed by atoms with Gasteiger partial charge in [0.1, 0.15) is 6.61 Å². The number of carbonyl (C=O) groups is 2. The second-order valence-corrected chi connectivity index (χ2v) is 7.81. The van der Waals surface area contributed by atoms with Gasteiger partial charge in [0.25, 0.3) is 0 Å². The average molecular weight is 466 g/mol. The van der Waals surface area contributed by atoms with Crippen LogP contribution in [0, 0.1) is 0 Å². The van der Waals surface area contributed by atoms with E-state index in [9.17, 15) is 9.59 Å². The number of nitrogens with one attached hydrogen (secondary N) is 2. The van der Waals surface area contributed by atoms with Gasteiger partial charge in [0.05, 0.1) is 18.2 Å². The molecule has 33 heavy (non-hydrogen) atoms. The van der Waals surface area contributed by atoms with Crippen molar-refractivity contribution in [2.24, 2.45) is 0 Å². The van der Waals surface area contributed by atoms with E-state index in [-0.39, 0.29) is 12.5 Å². The third kappa shape index (κ3) is 6.27. The van der Waals surface area contributed by atoms with Gasteiger partial charge < -0.3 is 25.0 Å². The fourth-order valence-corrected chi connectivity index (χ4v) is 3.58. The van der Waals surface area contributed by atoms with E-state index < -0.39 is 12.0 Å². The van der Waals surface area contributed by atoms with Gasteiger partial charge in [-0.2, -0.15) is 0 Å². The zero-order valence-electron chi connectivity index (χ0n) is 18.8. The Bertz CT molecular complexity index is 1060. The van der Waals surface area contributed by atoms with Crippen molar-refractivity contribution in [3.05, 3.63) is 83.1 Å². The third-order valence-electron chi connectivity index (χ3n) is 5.23. The first-order valence-corrected chi connectivity index (χ1v) is 10.9. The summed E-state index contributed by atoms with van der Waals surface area (Å²) >= 11 is 5.42. The van der Waals surface area contributed by atoms with E-state index >= 15 is 0 Å². The van der Waals surface area contributed by atoms with E-state index in [0.717, 1.165) is 16.8 Å². The van der Waals surface area contributed by atoms with Crippen LogP contribution in [-0.2, 0) is 19.1 Å². The van der Waals surface area contributed by atoms with E-state index in [2.05, 4.69) is 10.6 Å². The van der Waals surface area contributed by atoms with Crippen LogP contribution >= 0.6 is 12.2 Å². The van der Waals surface area contributed by atoms with E-state index in [1.807, 2.05) is 49.4 Å². The Balaban J connectivity index is 1.74. The quantitative estimate of drug-likeness (QED) is 0.267. The summed E-state index contributed by atoms with van der Waals surface area (Å²) in [7, 11) is 3.35. The molecule has 0 unspecified atom stereocenters. The molecule has 0 bridgehead atoms. The van der Waals surface area contributed by atoms with Gasteiger partial charge in [-0.15, -0.1) is 0 Å². The first-order chi connectivity index (χ1) is 15.9. The molecule has 2 N–H and O–H groups in total. The first kappa shape index (κ1) is 24.2. The van der Waals surface area contributed by atoms with Crippen LogP contribution in [-0.4, -0.2) is 49.3 Å². The summed E-state index contributed by atoms with van der Waals surface area (Å²) in [5, 5.41) is 6.55. The Morgan fingerprint density at radius 1 is 1.12 bits per heavy atom. The molecule has 0 aromatic heterocycles. The lowest BCUT2D eigenvalue weighted by molar-refractivity contribution is -0.140. The Kier molecular flexibility index (Phi) is 8.34. The molecule has 0 aliphatic carbocycles. The van der Waals surface area contributed by atoms with Crippen LogP contribution in [0.1, 0.15) is 24.1 Å². The molecule has 2 aromatic carbocycles. The molecule has 0 saturated carbocycles. The lowest BCUT2D eigenvalue weighted by Gasteiger charge is -2.35. The van der Waals surface area contributed by atoms with Crippen LogP contribution in [0.3, 0.4) is 0 Å². The van der Waals surface area contributed by atoms with E-state index in [0.29, 0.717) is 23.0 Å². The Morgan fingerprint density at radius 2 is 1.82 bits per heavy atom. The minimum Gasteiger partial charge on any atom is -0.460 e. The maximum atomic E-state index is 12.8. The number of nitrogens with zero attached hydrogens (tertiary/aromatic N) is 1. The number of hydrogen-bond donors (Lipinski definition) is 2. The molecule has 0 spiro atoms. The number of ether oxygens (including phenoxy) is 2.